The maximum atomic E-state index is 13.3. The molecule has 1 unspecified atom stereocenters. The molecule has 0 aliphatic carbocycles. The molecule has 0 spiro atoms. The van der Waals surface area contributed by atoms with Gasteiger partial charge in [-0.15, -0.1) is 0 Å². The first-order chi connectivity index (χ1) is 28.8. The minimum absolute atomic E-state index is 0.0138. The van der Waals surface area contributed by atoms with Crippen LogP contribution in [0.1, 0.15) is 98.3 Å². The predicted molar refractivity (Wildman–Crippen MR) is 221 cm³/mol. The Hall–Kier alpha value is -5.19. The smallest absolute Gasteiger partial charge is 0.315 e. The second-order valence-corrected chi connectivity index (χ2v) is 17.3. The third-order valence-corrected chi connectivity index (χ3v) is 11.6. The van der Waals surface area contributed by atoms with E-state index >= 15 is 0 Å². The lowest BCUT2D eigenvalue weighted by molar-refractivity contribution is -0.139. The molecule has 0 radical (unpaired) electrons. The van der Waals surface area contributed by atoms with E-state index in [0.29, 0.717) is 37.5 Å². The Morgan fingerprint density at radius 1 is 0.754 bits per heavy atom. The van der Waals surface area contributed by atoms with E-state index < -0.39 is 96.8 Å². The van der Waals surface area contributed by atoms with Crippen molar-refractivity contribution in [2.24, 2.45) is 23.5 Å². The maximum absolute atomic E-state index is 13.3. The van der Waals surface area contributed by atoms with Gasteiger partial charge in [0.05, 0.1) is 25.2 Å². The monoisotopic (exact) mass is 884 g/mol. The number of carboxylic acids is 1. The van der Waals surface area contributed by atoms with Crippen molar-refractivity contribution in [3.8, 4) is 0 Å². The molecular formula is C38H64N10O12S. The van der Waals surface area contributed by atoms with Gasteiger partial charge in [-0.2, -0.15) is 11.8 Å². The number of urea groups is 1. The van der Waals surface area contributed by atoms with Crippen molar-refractivity contribution in [1.29, 1.82) is 0 Å². The standard InChI is InChI=1S/C38H64N10O12S/c1-20(2)15-22(16-28(50)48-60)35(56)46-32(21(3)4)37(58)44-24(12-13-31(53)54)36(57)42-17-29(51)41-18-30(52)43-23(34(39)55)9-7-8-14-40-27(49)11-6-5-10-26-33-25(19-61-26)45-38(59)47-33/h20-26,32-33,60H,5-19H2,1-4H3,(H2,39,55)(H,40,49)(H,41,51)(H,42,57)(H,43,52)(H,44,58)(H,46,56)(H,48,50)(H,53,54)(H2,45,47,59)/t22?,23-,24-,25-,26-,32-,33-/m0/s1. The van der Waals surface area contributed by atoms with E-state index in [1.54, 1.807) is 13.8 Å². The third-order valence-electron chi connectivity index (χ3n) is 10.1. The number of fused-ring (bicyclic) bond motifs is 1. The van der Waals surface area contributed by atoms with Gasteiger partial charge in [0.15, 0.2) is 0 Å². The van der Waals surface area contributed by atoms with E-state index in [1.165, 1.54) is 5.48 Å². The predicted octanol–water partition coefficient (Wildman–Crippen LogP) is -1.75. The molecule has 2 heterocycles. The van der Waals surface area contributed by atoms with Crippen LogP contribution in [0.2, 0.25) is 0 Å². The first-order valence-corrected chi connectivity index (χ1v) is 21.7. The summed E-state index contributed by atoms with van der Waals surface area (Å²) in [7, 11) is 0. The highest BCUT2D eigenvalue weighted by atomic mass is 32.2. The summed E-state index contributed by atoms with van der Waals surface area (Å²) in [5.74, 6) is -7.43. The molecular weight excluding hydrogens is 821 g/mol. The van der Waals surface area contributed by atoms with Crippen molar-refractivity contribution in [3.05, 3.63) is 0 Å². The molecule has 2 aliphatic rings. The number of hydrogen-bond acceptors (Lipinski definition) is 12. The number of rotatable bonds is 29. The summed E-state index contributed by atoms with van der Waals surface area (Å²) in [4.78, 5) is 123. The molecule has 2 aliphatic heterocycles. The topological polar surface area (TPSA) is 345 Å². The molecule has 2 rings (SSSR count). The molecule has 22 nitrogen and oxygen atoms in total. The third kappa shape index (κ3) is 19.8. The number of unbranched alkanes of at least 4 members (excludes halogenated alkanes) is 2. The molecule has 0 bridgehead atoms. The van der Waals surface area contributed by atoms with E-state index in [-0.39, 0.29) is 55.6 Å². The fourth-order valence-corrected chi connectivity index (χ4v) is 8.40. The first kappa shape index (κ1) is 51.9. The number of carboxylic acid groups (broad SMARTS) is 1. The fourth-order valence-electron chi connectivity index (χ4n) is 6.85. The van der Waals surface area contributed by atoms with E-state index in [1.807, 2.05) is 25.6 Å². The Morgan fingerprint density at radius 2 is 1.46 bits per heavy atom. The van der Waals surface area contributed by atoms with E-state index in [9.17, 15) is 53.1 Å². The Morgan fingerprint density at radius 3 is 2.10 bits per heavy atom. The highest BCUT2D eigenvalue weighted by Crippen LogP contribution is 2.33. The fraction of sp³-hybridized carbons (Fsp3) is 0.737. The minimum Gasteiger partial charge on any atom is -0.481 e. The molecule has 10 amide bonds. The number of aliphatic carboxylic acids is 1. The van der Waals surface area contributed by atoms with Gasteiger partial charge in [-0.3, -0.25) is 48.4 Å². The molecule has 61 heavy (non-hydrogen) atoms. The Bertz CT molecular complexity index is 1570. The van der Waals surface area contributed by atoms with Crippen LogP contribution in [-0.2, 0) is 43.2 Å². The van der Waals surface area contributed by atoms with Crippen LogP contribution in [0.3, 0.4) is 0 Å². The zero-order valence-electron chi connectivity index (χ0n) is 35.3. The number of hydroxylamine groups is 1. The normalized spacial score (nSPS) is 18.6. The van der Waals surface area contributed by atoms with Crippen LogP contribution in [0, 0.1) is 17.8 Å². The zero-order valence-corrected chi connectivity index (χ0v) is 36.1. The number of nitrogens with one attached hydrogen (secondary N) is 9. The van der Waals surface area contributed by atoms with Gasteiger partial charge >= 0.3 is 12.0 Å². The van der Waals surface area contributed by atoms with Crippen LogP contribution in [0.25, 0.3) is 0 Å². The number of nitrogens with two attached hydrogens (primary N) is 1. The Balaban J connectivity index is 1.76. The van der Waals surface area contributed by atoms with Crippen molar-refractivity contribution in [2.75, 3.05) is 25.4 Å². The largest absolute Gasteiger partial charge is 0.481 e. The highest BCUT2D eigenvalue weighted by molar-refractivity contribution is 8.00. The number of carbonyl (C=O) groups excluding carboxylic acids is 9. The summed E-state index contributed by atoms with van der Waals surface area (Å²) in [6, 6.07) is -3.53. The van der Waals surface area contributed by atoms with Crippen molar-refractivity contribution >= 4 is 71.0 Å². The Labute approximate surface area is 359 Å². The van der Waals surface area contributed by atoms with E-state index in [0.717, 1.165) is 18.6 Å². The molecule has 13 N–H and O–H groups in total. The summed E-state index contributed by atoms with van der Waals surface area (Å²) in [6.07, 6.45) is 2.99. The first-order valence-electron chi connectivity index (χ1n) is 20.6. The van der Waals surface area contributed by atoms with Gasteiger partial charge in [-0.05, 0) is 56.8 Å². The van der Waals surface area contributed by atoms with Gasteiger partial charge in [0, 0.05) is 42.7 Å². The maximum Gasteiger partial charge on any atom is 0.315 e. The molecule has 7 atom stereocenters. The molecule has 2 saturated heterocycles. The lowest BCUT2D eigenvalue weighted by Gasteiger charge is -2.27. The van der Waals surface area contributed by atoms with Crippen molar-refractivity contribution in [2.45, 2.75) is 134 Å². The Kier molecular flexibility index (Phi) is 22.9. The zero-order chi connectivity index (χ0) is 45.6. The SMILES string of the molecule is CC(C)CC(CC(=O)NO)C(=O)N[C@H](C(=O)N[C@@H](CCC(=O)O)C(=O)NCC(=O)NCC(=O)N[C@@H](CCCCNC(=O)CCCC[C@@H]1SC[C@@H]2NC(=O)N[C@@H]21)C(N)=O)C(C)C. The van der Waals surface area contributed by atoms with E-state index in [4.69, 9.17) is 10.9 Å². The molecule has 344 valence electrons. The van der Waals surface area contributed by atoms with Gasteiger partial charge in [0.25, 0.3) is 0 Å². The summed E-state index contributed by atoms with van der Waals surface area (Å²) in [5, 5.41) is 39.2. The van der Waals surface area contributed by atoms with Gasteiger partial charge in [0.2, 0.25) is 47.3 Å². The van der Waals surface area contributed by atoms with E-state index in [2.05, 4.69) is 42.5 Å². The second-order valence-electron chi connectivity index (χ2n) is 16.0. The lowest BCUT2D eigenvalue weighted by atomic mass is 9.92. The number of amides is 10. The van der Waals surface area contributed by atoms with Gasteiger partial charge in [-0.25, -0.2) is 10.3 Å². The number of primary amides is 1. The second kappa shape index (κ2) is 26.9. The van der Waals surface area contributed by atoms with Crippen LogP contribution in [0.5, 0.6) is 0 Å². The molecule has 23 heteroatoms. The number of hydrogen-bond donors (Lipinski definition) is 12. The highest BCUT2D eigenvalue weighted by Gasteiger charge is 2.42. The molecule has 0 aromatic carbocycles. The minimum atomic E-state index is -1.44. The average Bonchev–Trinajstić information content (AvgIpc) is 3.75. The van der Waals surface area contributed by atoms with Gasteiger partial charge in [-0.1, -0.05) is 34.1 Å². The van der Waals surface area contributed by atoms with Crippen molar-refractivity contribution in [3.63, 3.8) is 0 Å². The van der Waals surface area contributed by atoms with Crippen molar-refractivity contribution < 1.29 is 58.3 Å². The quantitative estimate of drug-likeness (QED) is 0.0172. The summed E-state index contributed by atoms with van der Waals surface area (Å²) < 4.78 is 0. The van der Waals surface area contributed by atoms with Crippen LogP contribution in [0.15, 0.2) is 0 Å². The molecule has 0 aromatic rings. The lowest BCUT2D eigenvalue weighted by Crippen LogP contribution is -2.57. The average molecular weight is 885 g/mol. The summed E-state index contributed by atoms with van der Waals surface area (Å²) >= 11 is 1.83. The number of carbonyl (C=O) groups is 10. The van der Waals surface area contributed by atoms with Crippen LogP contribution >= 0.6 is 11.8 Å². The van der Waals surface area contributed by atoms with Crippen LogP contribution < -0.4 is 53.7 Å². The van der Waals surface area contributed by atoms with Gasteiger partial charge < -0.3 is 53.4 Å². The van der Waals surface area contributed by atoms with Crippen LogP contribution in [0.4, 0.5) is 4.79 Å². The molecule has 0 aromatic heterocycles. The van der Waals surface area contributed by atoms with Crippen molar-refractivity contribution in [1.82, 2.24) is 48.0 Å². The van der Waals surface area contributed by atoms with Crippen LogP contribution in [-0.4, -0.2) is 130 Å². The molecule has 0 saturated carbocycles. The number of thioether (sulfide) groups is 1. The summed E-state index contributed by atoms with van der Waals surface area (Å²) in [6.45, 7) is 6.02. The molecule has 2 fully saturated rings. The van der Waals surface area contributed by atoms with Gasteiger partial charge in [0.1, 0.15) is 18.1 Å². The summed E-state index contributed by atoms with van der Waals surface area (Å²) in [5.41, 5.74) is 6.94.